The number of halogens is 1. The van der Waals surface area contributed by atoms with E-state index >= 15 is 0 Å². The molecule has 1 aliphatic carbocycles. The van der Waals surface area contributed by atoms with Crippen LogP contribution in [0.3, 0.4) is 0 Å². The molecule has 0 heterocycles. The molecule has 0 bridgehead atoms. The Labute approximate surface area is 136 Å². The zero-order valence-electron chi connectivity index (χ0n) is 12.9. The highest BCUT2D eigenvalue weighted by Crippen LogP contribution is 2.17. The Kier molecular flexibility index (Phi) is 6.52. The summed E-state index contributed by atoms with van der Waals surface area (Å²) in [6.07, 6.45) is 4.96. The molecule has 0 spiro atoms. The molecule has 120 valence electrons. The molecule has 6 heteroatoms. The number of rotatable bonds is 5. The van der Waals surface area contributed by atoms with Gasteiger partial charge in [-0.25, -0.2) is 0 Å². The van der Waals surface area contributed by atoms with Crippen LogP contribution in [-0.2, 0) is 0 Å². The van der Waals surface area contributed by atoms with Crippen LogP contribution in [0.1, 0.15) is 36.0 Å². The maximum atomic E-state index is 12.0. The summed E-state index contributed by atoms with van der Waals surface area (Å²) in [6.45, 7) is 1.12. The highest BCUT2D eigenvalue weighted by Gasteiger charge is 2.15. The molecule has 1 fully saturated rings. The largest absolute Gasteiger partial charge is 0.355 e. The second kappa shape index (κ2) is 8.63. The van der Waals surface area contributed by atoms with Gasteiger partial charge in [-0.2, -0.15) is 0 Å². The topological polar surface area (TPSA) is 65.5 Å². The highest BCUT2D eigenvalue weighted by atomic mass is 35.5. The van der Waals surface area contributed by atoms with E-state index in [1.165, 1.54) is 25.7 Å². The minimum atomic E-state index is -0.161. The molecule has 0 aromatic heterocycles. The number of guanidine groups is 1. The SMILES string of the molecule is CN=C(NCCNC(=O)c1ccccc1Cl)NC1CCCC1. The predicted octanol–water partition coefficient (Wildman–Crippen LogP) is 2.18. The van der Waals surface area contributed by atoms with Crippen LogP contribution in [0.5, 0.6) is 0 Å². The van der Waals surface area contributed by atoms with Gasteiger partial charge in [0.1, 0.15) is 0 Å². The number of nitrogens with one attached hydrogen (secondary N) is 3. The maximum absolute atomic E-state index is 12.0. The van der Waals surface area contributed by atoms with Gasteiger partial charge in [-0.05, 0) is 25.0 Å². The average Bonchev–Trinajstić information content (AvgIpc) is 3.03. The predicted molar refractivity (Wildman–Crippen MR) is 90.5 cm³/mol. The Hall–Kier alpha value is -1.75. The highest BCUT2D eigenvalue weighted by molar-refractivity contribution is 6.33. The Morgan fingerprint density at radius 1 is 1.23 bits per heavy atom. The Balaban J connectivity index is 1.69. The van der Waals surface area contributed by atoms with Gasteiger partial charge >= 0.3 is 0 Å². The zero-order chi connectivity index (χ0) is 15.8. The minimum Gasteiger partial charge on any atom is -0.355 e. The van der Waals surface area contributed by atoms with E-state index < -0.39 is 0 Å². The normalized spacial score (nSPS) is 15.6. The summed E-state index contributed by atoms with van der Waals surface area (Å²) in [6, 6.07) is 7.54. The smallest absolute Gasteiger partial charge is 0.252 e. The van der Waals surface area contributed by atoms with Gasteiger partial charge in [0.15, 0.2) is 5.96 Å². The molecule has 0 unspecified atom stereocenters. The third-order valence-electron chi connectivity index (χ3n) is 3.74. The number of aliphatic imine (C=N–C) groups is 1. The quantitative estimate of drug-likeness (QED) is 0.442. The van der Waals surface area contributed by atoms with Crippen molar-refractivity contribution in [2.45, 2.75) is 31.7 Å². The molecule has 0 saturated heterocycles. The first-order valence-electron chi connectivity index (χ1n) is 7.70. The van der Waals surface area contributed by atoms with Crippen LogP contribution in [0.15, 0.2) is 29.3 Å². The van der Waals surface area contributed by atoms with Gasteiger partial charge < -0.3 is 16.0 Å². The second-order valence-corrected chi connectivity index (χ2v) is 5.77. The Morgan fingerprint density at radius 3 is 2.59 bits per heavy atom. The third kappa shape index (κ3) is 4.91. The number of hydrogen-bond donors (Lipinski definition) is 3. The zero-order valence-corrected chi connectivity index (χ0v) is 13.6. The molecule has 0 radical (unpaired) electrons. The van der Waals surface area contributed by atoms with E-state index in [9.17, 15) is 4.79 Å². The Morgan fingerprint density at radius 2 is 1.91 bits per heavy atom. The summed E-state index contributed by atoms with van der Waals surface area (Å²) in [5.74, 6) is 0.630. The van der Waals surface area contributed by atoms with E-state index in [0.717, 1.165) is 5.96 Å². The van der Waals surface area contributed by atoms with E-state index in [0.29, 0.717) is 29.7 Å². The van der Waals surface area contributed by atoms with Crippen LogP contribution in [0.2, 0.25) is 5.02 Å². The van der Waals surface area contributed by atoms with E-state index in [-0.39, 0.29) is 5.91 Å². The van der Waals surface area contributed by atoms with Crippen molar-refractivity contribution < 1.29 is 4.79 Å². The van der Waals surface area contributed by atoms with Crippen molar-refractivity contribution in [2.24, 2.45) is 4.99 Å². The lowest BCUT2D eigenvalue weighted by Crippen LogP contribution is -2.44. The van der Waals surface area contributed by atoms with Crippen molar-refractivity contribution >= 4 is 23.5 Å². The van der Waals surface area contributed by atoms with Gasteiger partial charge in [-0.3, -0.25) is 9.79 Å². The van der Waals surface area contributed by atoms with Crippen molar-refractivity contribution in [3.63, 3.8) is 0 Å². The fourth-order valence-corrected chi connectivity index (χ4v) is 2.78. The molecule has 1 amide bonds. The molecule has 2 rings (SSSR count). The average molecular weight is 323 g/mol. The Bertz CT molecular complexity index is 527. The minimum absolute atomic E-state index is 0.161. The van der Waals surface area contributed by atoms with Crippen molar-refractivity contribution in [3.05, 3.63) is 34.9 Å². The molecule has 3 N–H and O–H groups in total. The first-order valence-corrected chi connectivity index (χ1v) is 8.08. The molecular weight excluding hydrogens is 300 g/mol. The molecule has 0 atom stereocenters. The van der Waals surface area contributed by atoms with Crippen LogP contribution in [0.4, 0.5) is 0 Å². The van der Waals surface area contributed by atoms with Gasteiger partial charge in [0, 0.05) is 26.2 Å². The van der Waals surface area contributed by atoms with Crippen LogP contribution in [0, 0.1) is 0 Å². The van der Waals surface area contributed by atoms with Gasteiger partial charge in [0.2, 0.25) is 0 Å². The molecule has 5 nitrogen and oxygen atoms in total. The standard InChI is InChI=1S/C16H23ClN4O/c1-18-16(21-12-6-2-3-7-12)20-11-10-19-15(22)13-8-4-5-9-14(13)17/h4-5,8-9,12H,2-3,6-7,10-11H2,1H3,(H,19,22)(H2,18,20,21). The number of amides is 1. The molecule has 22 heavy (non-hydrogen) atoms. The van der Waals surface area contributed by atoms with E-state index in [2.05, 4.69) is 20.9 Å². The summed E-state index contributed by atoms with van der Waals surface area (Å²) >= 11 is 5.99. The maximum Gasteiger partial charge on any atom is 0.252 e. The summed E-state index contributed by atoms with van der Waals surface area (Å²) in [4.78, 5) is 16.2. The van der Waals surface area contributed by atoms with Crippen LogP contribution >= 0.6 is 11.6 Å². The van der Waals surface area contributed by atoms with E-state index in [4.69, 9.17) is 11.6 Å². The lowest BCUT2D eigenvalue weighted by molar-refractivity contribution is 0.0954. The number of nitrogens with zero attached hydrogens (tertiary/aromatic N) is 1. The van der Waals surface area contributed by atoms with Crippen LogP contribution < -0.4 is 16.0 Å². The van der Waals surface area contributed by atoms with Crippen LogP contribution in [0.25, 0.3) is 0 Å². The third-order valence-corrected chi connectivity index (χ3v) is 4.07. The molecular formula is C16H23ClN4O. The molecule has 0 aliphatic heterocycles. The van der Waals surface area contributed by atoms with E-state index in [1.807, 2.05) is 0 Å². The fourth-order valence-electron chi connectivity index (χ4n) is 2.56. The molecule has 1 aliphatic rings. The van der Waals surface area contributed by atoms with Gasteiger partial charge in [0.25, 0.3) is 5.91 Å². The molecule has 1 aromatic carbocycles. The van der Waals surface area contributed by atoms with Crippen molar-refractivity contribution in [1.82, 2.24) is 16.0 Å². The van der Waals surface area contributed by atoms with Crippen LogP contribution in [-0.4, -0.2) is 38.0 Å². The summed E-state index contributed by atoms with van der Waals surface area (Å²) in [5.41, 5.74) is 0.498. The van der Waals surface area contributed by atoms with Crippen molar-refractivity contribution in [3.8, 4) is 0 Å². The van der Waals surface area contributed by atoms with Gasteiger partial charge in [-0.15, -0.1) is 0 Å². The van der Waals surface area contributed by atoms with Crippen molar-refractivity contribution in [2.75, 3.05) is 20.1 Å². The summed E-state index contributed by atoms with van der Waals surface area (Å²) < 4.78 is 0. The number of benzene rings is 1. The molecule has 1 saturated carbocycles. The lowest BCUT2D eigenvalue weighted by Gasteiger charge is -2.17. The fraction of sp³-hybridized carbons (Fsp3) is 0.500. The number of carbonyl (C=O) groups is 1. The van der Waals surface area contributed by atoms with Gasteiger partial charge in [-0.1, -0.05) is 36.6 Å². The number of hydrogen-bond acceptors (Lipinski definition) is 2. The van der Waals surface area contributed by atoms with Gasteiger partial charge in [0.05, 0.1) is 10.6 Å². The lowest BCUT2D eigenvalue weighted by atomic mass is 10.2. The first-order chi connectivity index (χ1) is 10.7. The first kappa shape index (κ1) is 16.6. The monoisotopic (exact) mass is 322 g/mol. The molecule has 1 aromatic rings. The summed E-state index contributed by atoms with van der Waals surface area (Å²) in [5, 5.41) is 9.92. The number of carbonyl (C=O) groups excluding carboxylic acids is 1. The summed E-state index contributed by atoms with van der Waals surface area (Å²) in [7, 11) is 1.76. The second-order valence-electron chi connectivity index (χ2n) is 5.36. The van der Waals surface area contributed by atoms with E-state index in [1.54, 1.807) is 31.3 Å². The van der Waals surface area contributed by atoms with Crippen molar-refractivity contribution in [1.29, 1.82) is 0 Å².